The highest BCUT2D eigenvalue weighted by atomic mass is 16.5. The normalized spacial score (nSPS) is 33.7. The summed E-state index contributed by atoms with van der Waals surface area (Å²) in [4.78, 5) is 11.2. The third-order valence-electron chi connectivity index (χ3n) is 2.41. The lowest BCUT2D eigenvalue weighted by Gasteiger charge is -2.13. The van der Waals surface area contributed by atoms with Gasteiger partial charge < -0.3 is 4.74 Å². The van der Waals surface area contributed by atoms with E-state index in [0.717, 1.165) is 25.0 Å². The zero-order chi connectivity index (χ0) is 7.84. The molecule has 2 aliphatic carbocycles. The van der Waals surface area contributed by atoms with E-state index in [1.807, 2.05) is 6.08 Å². The van der Waals surface area contributed by atoms with Crippen LogP contribution >= 0.6 is 0 Å². The predicted molar refractivity (Wildman–Crippen MR) is 40.7 cm³/mol. The first kappa shape index (κ1) is 6.89. The van der Waals surface area contributed by atoms with Gasteiger partial charge in [0.1, 0.15) is 5.76 Å². The number of carbonyl (C=O) groups excluding carboxylic acids is 1. The molecule has 0 aromatic rings. The van der Waals surface area contributed by atoms with Crippen LogP contribution < -0.4 is 0 Å². The van der Waals surface area contributed by atoms with E-state index in [4.69, 9.17) is 4.74 Å². The fourth-order valence-corrected chi connectivity index (χ4v) is 1.21. The van der Waals surface area contributed by atoms with E-state index in [-0.39, 0.29) is 11.9 Å². The van der Waals surface area contributed by atoms with Crippen molar-refractivity contribution in [1.82, 2.24) is 0 Å². The third kappa shape index (κ3) is 1.30. The van der Waals surface area contributed by atoms with Crippen molar-refractivity contribution in [1.29, 1.82) is 0 Å². The van der Waals surface area contributed by atoms with Crippen molar-refractivity contribution in [2.24, 2.45) is 11.8 Å². The van der Waals surface area contributed by atoms with Crippen LogP contribution in [0.5, 0.6) is 0 Å². The van der Waals surface area contributed by atoms with Gasteiger partial charge in [-0.15, -0.1) is 0 Å². The van der Waals surface area contributed by atoms with Crippen LogP contribution in [0.3, 0.4) is 0 Å². The molecular weight excluding hydrogens is 140 g/mol. The molecule has 0 radical (unpaired) electrons. The molecular formula is C9H12O2. The lowest BCUT2D eigenvalue weighted by molar-refractivity contribution is -0.141. The van der Waals surface area contributed by atoms with Gasteiger partial charge in [0.15, 0.2) is 0 Å². The first-order valence-electron chi connectivity index (χ1n) is 4.18. The van der Waals surface area contributed by atoms with Gasteiger partial charge in [-0.1, -0.05) is 6.92 Å². The van der Waals surface area contributed by atoms with Gasteiger partial charge in [0.2, 0.25) is 0 Å². The number of allylic oxidation sites excluding steroid dienone is 2. The second-order valence-corrected chi connectivity index (χ2v) is 3.45. The highest BCUT2D eigenvalue weighted by Crippen LogP contribution is 2.39. The summed E-state index contributed by atoms with van der Waals surface area (Å²) in [5, 5.41) is 0. The Morgan fingerprint density at radius 2 is 2.36 bits per heavy atom. The molecule has 2 rings (SSSR count). The van der Waals surface area contributed by atoms with Gasteiger partial charge in [-0.05, 0) is 24.8 Å². The van der Waals surface area contributed by atoms with Crippen LogP contribution in [-0.4, -0.2) is 5.97 Å². The Hall–Kier alpha value is -0.790. The Labute approximate surface area is 66.2 Å². The average Bonchev–Trinajstić information content (AvgIpc) is 2.57. The van der Waals surface area contributed by atoms with Crippen molar-refractivity contribution in [3.05, 3.63) is 11.8 Å². The molecule has 0 spiro atoms. The van der Waals surface area contributed by atoms with Gasteiger partial charge in [0.05, 0.1) is 5.92 Å². The molecule has 0 aromatic heterocycles. The van der Waals surface area contributed by atoms with E-state index >= 15 is 0 Å². The lowest BCUT2D eigenvalue weighted by Crippen LogP contribution is -2.10. The summed E-state index contributed by atoms with van der Waals surface area (Å²) < 4.78 is 5.10. The Bertz CT molecular complexity index is 218. The molecule has 60 valence electrons. The van der Waals surface area contributed by atoms with E-state index in [9.17, 15) is 4.79 Å². The van der Waals surface area contributed by atoms with Gasteiger partial charge in [0.25, 0.3) is 0 Å². The van der Waals surface area contributed by atoms with Gasteiger partial charge >= 0.3 is 5.97 Å². The zero-order valence-corrected chi connectivity index (χ0v) is 6.67. The highest BCUT2D eigenvalue weighted by Gasteiger charge is 2.41. The molecule has 2 aliphatic rings. The Balaban J connectivity index is 1.82. The second-order valence-electron chi connectivity index (χ2n) is 3.45. The van der Waals surface area contributed by atoms with Crippen molar-refractivity contribution in [2.45, 2.75) is 26.2 Å². The summed E-state index contributed by atoms with van der Waals surface area (Å²) in [6.45, 7) is 2.08. The number of esters is 1. The average molecular weight is 152 g/mol. The molecule has 0 amide bonds. The molecule has 0 bridgehead atoms. The molecule has 2 atom stereocenters. The summed E-state index contributed by atoms with van der Waals surface area (Å²) in [5.74, 6) is 1.64. The van der Waals surface area contributed by atoms with Crippen LogP contribution in [0, 0.1) is 11.8 Å². The van der Waals surface area contributed by atoms with Gasteiger partial charge in [-0.2, -0.15) is 0 Å². The van der Waals surface area contributed by atoms with Crippen molar-refractivity contribution >= 4 is 5.97 Å². The molecule has 0 aliphatic heterocycles. The summed E-state index contributed by atoms with van der Waals surface area (Å²) in [6.07, 6.45) is 5.02. The Kier molecular flexibility index (Phi) is 1.48. The summed E-state index contributed by atoms with van der Waals surface area (Å²) in [6, 6.07) is 0. The molecule has 0 N–H and O–H groups in total. The van der Waals surface area contributed by atoms with Gasteiger partial charge in [-0.3, -0.25) is 4.79 Å². The monoisotopic (exact) mass is 152 g/mol. The molecule has 11 heavy (non-hydrogen) atoms. The minimum absolute atomic E-state index is 0.0107. The third-order valence-corrected chi connectivity index (χ3v) is 2.41. The van der Waals surface area contributed by atoms with E-state index in [0.29, 0.717) is 5.92 Å². The van der Waals surface area contributed by atoms with Crippen LogP contribution in [0.4, 0.5) is 0 Å². The summed E-state index contributed by atoms with van der Waals surface area (Å²) in [7, 11) is 0. The first-order valence-corrected chi connectivity index (χ1v) is 4.18. The first-order chi connectivity index (χ1) is 5.27. The Morgan fingerprint density at radius 3 is 2.73 bits per heavy atom. The van der Waals surface area contributed by atoms with Crippen molar-refractivity contribution in [2.75, 3.05) is 0 Å². The van der Waals surface area contributed by atoms with Crippen molar-refractivity contribution in [3.63, 3.8) is 0 Å². The molecule has 1 saturated carbocycles. The number of ether oxygens (including phenoxy) is 1. The molecule has 2 heteroatoms. The van der Waals surface area contributed by atoms with Crippen LogP contribution in [0.15, 0.2) is 11.8 Å². The Morgan fingerprint density at radius 1 is 1.73 bits per heavy atom. The zero-order valence-electron chi connectivity index (χ0n) is 6.67. The van der Waals surface area contributed by atoms with Crippen LogP contribution in [0.1, 0.15) is 26.2 Å². The number of carbonyl (C=O) groups is 1. The molecule has 2 unspecified atom stereocenters. The number of rotatable bonds is 2. The second kappa shape index (κ2) is 2.36. The molecule has 0 saturated heterocycles. The van der Waals surface area contributed by atoms with Crippen LogP contribution in [-0.2, 0) is 9.53 Å². The highest BCUT2D eigenvalue weighted by molar-refractivity contribution is 5.76. The maximum Gasteiger partial charge on any atom is 0.314 e. The largest absolute Gasteiger partial charge is 0.431 e. The standard InChI is InChI=1S/C9H12O2/c1-6-5-8(6)9(10)11-7-3-2-4-7/h3,6,8H,2,4-5H2,1H3. The quantitative estimate of drug-likeness (QED) is 0.564. The number of hydrogen-bond acceptors (Lipinski definition) is 2. The lowest BCUT2D eigenvalue weighted by atomic mass is 10.1. The maximum atomic E-state index is 11.2. The molecule has 0 heterocycles. The van der Waals surface area contributed by atoms with Gasteiger partial charge in [0, 0.05) is 6.42 Å². The van der Waals surface area contributed by atoms with Gasteiger partial charge in [-0.25, -0.2) is 0 Å². The van der Waals surface area contributed by atoms with Crippen LogP contribution in [0.25, 0.3) is 0 Å². The minimum atomic E-state index is -0.0107. The smallest absolute Gasteiger partial charge is 0.314 e. The predicted octanol–water partition coefficient (Wildman–Crippen LogP) is 1.86. The molecule has 1 fully saturated rings. The topological polar surface area (TPSA) is 26.3 Å². The molecule has 2 nitrogen and oxygen atoms in total. The van der Waals surface area contributed by atoms with E-state index in [2.05, 4.69) is 6.92 Å². The van der Waals surface area contributed by atoms with E-state index in [1.165, 1.54) is 0 Å². The van der Waals surface area contributed by atoms with Crippen molar-refractivity contribution < 1.29 is 9.53 Å². The van der Waals surface area contributed by atoms with E-state index < -0.39 is 0 Å². The summed E-state index contributed by atoms with van der Waals surface area (Å²) in [5.41, 5.74) is 0. The minimum Gasteiger partial charge on any atom is -0.431 e. The molecule has 0 aromatic carbocycles. The van der Waals surface area contributed by atoms with Crippen molar-refractivity contribution in [3.8, 4) is 0 Å². The SMILES string of the molecule is CC1CC1C(=O)OC1=CCC1. The summed E-state index contributed by atoms with van der Waals surface area (Å²) >= 11 is 0. The fraction of sp³-hybridized carbons (Fsp3) is 0.667. The number of hydrogen-bond donors (Lipinski definition) is 0. The van der Waals surface area contributed by atoms with Crippen LogP contribution in [0.2, 0.25) is 0 Å². The maximum absolute atomic E-state index is 11.2. The van der Waals surface area contributed by atoms with E-state index in [1.54, 1.807) is 0 Å². The fourth-order valence-electron chi connectivity index (χ4n) is 1.21.